The minimum Gasteiger partial charge on any atom is -0.484 e. The number of nitrogens with zero attached hydrogens (tertiary/aromatic N) is 2. The van der Waals surface area contributed by atoms with E-state index in [1.54, 1.807) is 11.0 Å². The summed E-state index contributed by atoms with van der Waals surface area (Å²) in [6.45, 7) is 10.5. The van der Waals surface area contributed by atoms with Gasteiger partial charge < -0.3 is 14.0 Å². The van der Waals surface area contributed by atoms with Gasteiger partial charge in [0.15, 0.2) is 11.5 Å². The molecule has 1 amide bonds. The van der Waals surface area contributed by atoms with Crippen molar-refractivity contribution in [2.75, 3.05) is 11.4 Å². The molecule has 1 aromatic carbocycles. The van der Waals surface area contributed by atoms with Gasteiger partial charge in [-0.1, -0.05) is 17.3 Å². The van der Waals surface area contributed by atoms with Crippen LogP contribution in [-0.4, -0.2) is 28.8 Å². The number of benzene rings is 1. The highest BCUT2D eigenvalue weighted by atomic mass is 16.5. The Morgan fingerprint density at radius 2 is 2.04 bits per heavy atom. The van der Waals surface area contributed by atoms with Crippen LogP contribution in [0.25, 0.3) is 0 Å². The van der Waals surface area contributed by atoms with Crippen LogP contribution in [0.2, 0.25) is 0 Å². The molecule has 1 aliphatic rings. The van der Waals surface area contributed by atoms with Gasteiger partial charge in [0.25, 0.3) is 5.91 Å². The Kier molecular flexibility index (Phi) is 4.33. The molecule has 0 radical (unpaired) electrons. The predicted octanol–water partition coefficient (Wildman–Crippen LogP) is 3.81. The van der Waals surface area contributed by atoms with Gasteiger partial charge in [-0.05, 0) is 46.8 Å². The van der Waals surface area contributed by atoms with E-state index in [4.69, 9.17) is 14.0 Å². The maximum Gasteiger partial charge on any atom is 0.280 e. The van der Waals surface area contributed by atoms with Crippen LogP contribution in [0.3, 0.4) is 0 Å². The van der Waals surface area contributed by atoms with Crippen LogP contribution in [0.4, 0.5) is 5.69 Å². The van der Waals surface area contributed by atoms with Gasteiger partial charge in [0.05, 0.1) is 17.8 Å². The Morgan fingerprint density at radius 1 is 1.32 bits per heavy atom. The predicted molar refractivity (Wildman–Crippen MR) is 93.9 cm³/mol. The van der Waals surface area contributed by atoms with E-state index < -0.39 is 5.60 Å². The number of ether oxygens (including phenoxy) is 2. The second-order valence-electron chi connectivity index (χ2n) is 7.80. The Morgan fingerprint density at radius 3 is 2.76 bits per heavy atom. The summed E-state index contributed by atoms with van der Waals surface area (Å²) in [6, 6.07) is 9.14. The van der Waals surface area contributed by atoms with Crippen LogP contribution in [0, 0.1) is 0 Å². The molecule has 6 heteroatoms. The molecule has 3 rings (SSSR count). The third kappa shape index (κ3) is 4.02. The van der Waals surface area contributed by atoms with E-state index in [-0.39, 0.29) is 23.8 Å². The lowest BCUT2D eigenvalue weighted by Crippen LogP contribution is -2.49. The van der Waals surface area contributed by atoms with Crippen molar-refractivity contribution in [1.29, 1.82) is 0 Å². The van der Waals surface area contributed by atoms with Gasteiger partial charge in [0.1, 0.15) is 18.0 Å². The Labute approximate surface area is 147 Å². The highest BCUT2D eigenvalue weighted by Gasteiger charge is 2.36. The fourth-order valence-electron chi connectivity index (χ4n) is 2.65. The minimum absolute atomic E-state index is 0.213. The van der Waals surface area contributed by atoms with Gasteiger partial charge in [-0.25, -0.2) is 0 Å². The first-order chi connectivity index (χ1) is 11.6. The van der Waals surface area contributed by atoms with Gasteiger partial charge in [-0.2, -0.15) is 0 Å². The van der Waals surface area contributed by atoms with Crippen LogP contribution in [-0.2, 0) is 11.3 Å². The van der Waals surface area contributed by atoms with E-state index in [1.807, 2.05) is 58.9 Å². The van der Waals surface area contributed by atoms with Gasteiger partial charge in [0.2, 0.25) is 0 Å². The Bertz CT molecular complexity index is 774. The van der Waals surface area contributed by atoms with Crippen molar-refractivity contribution in [1.82, 2.24) is 5.16 Å². The molecule has 0 saturated carbocycles. The lowest BCUT2D eigenvalue weighted by atomic mass is 10.0. The summed E-state index contributed by atoms with van der Waals surface area (Å²) < 4.78 is 16.9. The number of fused-ring (bicyclic) bond motifs is 1. The fourth-order valence-corrected chi connectivity index (χ4v) is 2.65. The van der Waals surface area contributed by atoms with Gasteiger partial charge in [-0.15, -0.1) is 0 Å². The molecule has 1 aromatic heterocycles. The monoisotopic (exact) mass is 344 g/mol. The lowest BCUT2D eigenvalue weighted by Gasteiger charge is -2.39. The molecule has 2 heterocycles. The van der Waals surface area contributed by atoms with Gasteiger partial charge >= 0.3 is 0 Å². The number of carbonyl (C=O) groups excluding carboxylic acids is 1. The van der Waals surface area contributed by atoms with Crippen LogP contribution in [0.1, 0.15) is 50.9 Å². The van der Waals surface area contributed by atoms with E-state index in [9.17, 15) is 4.79 Å². The van der Waals surface area contributed by atoms with E-state index >= 15 is 0 Å². The molecule has 0 aliphatic carbocycles. The Balaban J connectivity index is 1.82. The number of amides is 1. The fraction of sp³-hybridized carbons (Fsp3) is 0.474. The number of anilines is 1. The molecule has 6 nitrogen and oxygen atoms in total. The third-order valence-corrected chi connectivity index (χ3v) is 3.75. The first-order valence-electron chi connectivity index (χ1n) is 8.34. The van der Waals surface area contributed by atoms with Crippen LogP contribution in [0.5, 0.6) is 5.75 Å². The SMILES string of the molecule is CC(C)(C)OCc1cc(C(=O)N2CC(C)(C)Oc3ccccc32)no1. The molecule has 0 spiro atoms. The van der Waals surface area contributed by atoms with Crippen LogP contribution < -0.4 is 9.64 Å². The van der Waals surface area contributed by atoms with Crippen molar-refractivity contribution in [3.63, 3.8) is 0 Å². The van der Waals surface area contributed by atoms with Crippen molar-refractivity contribution in [2.45, 2.75) is 52.4 Å². The second kappa shape index (κ2) is 6.19. The zero-order valence-corrected chi connectivity index (χ0v) is 15.3. The van der Waals surface area contributed by atoms with E-state index in [0.717, 1.165) is 5.69 Å². The highest BCUT2D eigenvalue weighted by Crippen LogP contribution is 2.37. The van der Waals surface area contributed by atoms with Crippen molar-refractivity contribution in [2.24, 2.45) is 0 Å². The van der Waals surface area contributed by atoms with Crippen LogP contribution >= 0.6 is 0 Å². The third-order valence-electron chi connectivity index (χ3n) is 3.75. The molecule has 134 valence electrons. The number of rotatable bonds is 3. The number of hydrogen-bond donors (Lipinski definition) is 0. The quantitative estimate of drug-likeness (QED) is 0.847. The van der Waals surface area contributed by atoms with E-state index in [2.05, 4.69) is 5.16 Å². The molecule has 1 aliphatic heterocycles. The largest absolute Gasteiger partial charge is 0.484 e. The molecule has 0 atom stereocenters. The topological polar surface area (TPSA) is 64.8 Å². The molecular formula is C19H24N2O4. The zero-order chi connectivity index (χ0) is 18.2. The standard InChI is InChI=1S/C19H24N2O4/c1-18(2,3)23-11-13-10-14(20-25-13)17(22)21-12-19(4,5)24-16-9-7-6-8-15(16)21/h6-10H,11-12H2,1-5H3. The molecule has 0 saturated heterocycles. The van der Waals surface area contributed by atoms with Crippen molar-refractivity contribution >= 4 is 11.6 Å². The van der Waals surface area contributed by atoms with Crippen molar-refractivity contribution < 1.29 is 18.8 Å². The van der Waals surface area contributed by atoms with Gasteiger partial charge in [0, 0.05) is 6.07 Å². The summed E-state index contributed by atoms with van der Waals surface area (Å²) in [4.78, 5) is 14.7. The molecule has 0 bridgehead atoms. The number of para-hydroxylation sites is 2. The van der Waals surface area contributed by atoms with Crippen molar-refractivity contribution in [3.8, 4) is 5.75 Å². The summed E-state index contributed by atoms with van der Waals surface area (Å²) in [5.74, 6) is 1.00. The normalized spacial score (nSPS) is 16.3. The average Bonchev–Trinajstić information content (AvgIpc) is 2.99. The maximum absolute atomic E-state index is 13.0. The summed E-state index contributed by atoms with van der Waals surface area (Å²) in [6.07, 6.45) is 0. The summed E-state index contributed by atoms with van der Waals surface area (Å²) in [5.41, 5.74) is 0.234. The summed E-state index contributed by atoms with van der Waals surface area (Å²) in [7, 11) is 0. The van der Waals surface area contributed by atoms with E-state index in [1.165, 1.54) is 0 Å². The highest BCUT2D eigenvalue weighted by molar-refractivity contribution is 6.06. The molecule has 0 fully saturated rings. The molecule has 25 heavy (non-hydrogen) atoms. The first kappa shape index (κ1) is 17.5. The van der Waals surface area contributed by atoms with E-state index in [0.29, 0.717) is 18.1 Å². The van der Waals surface area contributed by atoms with Crippen LogP contribution in [0.15, 0.2) is 34.9 Å². The number of carbonyl (C=O) groups is 1. The maximum atomic E-state index is 13.0. The minimum atomic E-state index is -0.480. The average molecular weight is 344 g/mol. The lowest BCUT2D eigenvalue weighted by molar-refractivity contribution is -0.0241. The van der Waals surface area contributed by atoms with Crippen molar-refractivity contribution in [3.05, 3.63) is 41.8 Å². The molecule has 2 aromatic rings. The number of hydrogen-bond acceptors (Lipinski definition) is 5. The molecule has 0 unspecified atom stereocenters. The zero-order valence-electron chi connectivity index (χ0n) is 15.3. The number of aromatic nitrogens is 1. The summed E-state index contributed by atoms with van der Waals surface area (Å²) >= 11 is 0. The smallest absolute Gasteiger partial charge is 0.280 e. The Hall–Kier alpha value is -2.34. The molecule has 0 N–H and O–H groups in total. The molecular weight excluding hydrogens is 320 g/mol. The summed E-state index contributed by atoms with van der Waals surface area (Å²) in [5, 5.41) is 3.93. The van der Waals surface area contributed by atoms with Gasteiger partial charge in [-0.3, -0.25) is 9.69 Å². The second-order valence-corrected chi connectivity index (χ2v) is 7.80. The first-order valence-corrected chi connectivity index (χ1v) is 8.34.